The van der Waals surface area contributed by atoms with E-state index in [1.165, 1.54) is 24.2 Å². The number of allylic oxidation sites excluding steroid dienone is 2. The van der Waals surface area contributed by atoms with E-state index in [9.17, 15) is 4.79 Å². The second kappa shape index (κ2) is 22.5. The van der Waals surface area contributed by atoms with Crippen LogP contribution in [0, 0.1) is 5.92 Å². The molecule has 0 aromatic heterocycles. The Bertz CT molecular complexity index is 986. The van der Waals surface area contributed by atoms with Crippen LogP contribution in [-0.4, -0.2) is 49.8 Å². The second-order valence-corrected chi connectivity index (χ2v) is 11.2. The molecule has 3 N–H and O–H groups in total. The summed E-state index contributed by atoms with van der Waals surface area (Å²) in [6, 6.07) is 13.6. The lowest BCUT2D eigenvalue weighted by molar-refractivity contribution is 0.1000. The molecule has 2 rings (SSSR count). The number of aryl methyl sites for hydroxylation is 1. The van der Waals surface area contributed by atoms with E-state index < -0.39 is 5.91 Å². The van der Waals surface area contributed by atoms with Crippen LogP contribution in [0.15, 0.2) is 54.6 Å². The highest BCUT2D eigenvalue weighted by Gasteiger charge is 2.16. The van der Waals surface area contributed by atoms with Crippen LogP contribution in [0.1, 0.15) is 81.1 Å². The predicted octanol–water partition coefficient (Wildman–Crippen LogP) is 8.17. The highest BCUT2D eigenvalue weighted by molar-refractivity contribution is 7.98. The van der Waals surface area contributed by atoms with Crippen molar-refractivity contribution in [2.24, 2.45) is 11.7 Å². The number of carbonyl (C=O) groups excluding carboxylic acids is 1. The molecular weight excluding hydrogens is 540 g/mol. The number of aliphatic hydroxyl groups is 1. The third-order valence-electron chi connectivity index (χ3n) is 6.96. The van der Waals surface area contributed by atoms with Gasteiger partial charge in [-0.15, -0.1) is 0 Å². The highest BCUT2D eigenvalue weighted by atomic mass is 35.5. The number of rotatable bonds is 20. The van der Waals surface area contributed by atoms with Crippen LogP contribution in [0.5, 0.6) is 5.75 Å². The maximum absolute atomic E-state index is 11.9. The molecule has 1 atom stereocenters. The molecule has 0 saturated carbocycles. The number of halogens is 1. The van der Waals surface area contributed by atoms with Crippen molar-refractivity contribution in [3.8, 4) is 5.75 Å². The Labute approximate surface area is 252 Å². The Morgan fingerprint density at radius 3 is 2.58 bits per heavy atom. The summed E-state index contributed by atoms with van der Waals surface area (Å²) in [5, 5.41) is 7.79. The SMILES string of the molecule is CC[C@@H](C/C=C/CCCSC)CCN(CC)c1cc(C(N)=O)ccc1OCCCCCc1cccc(Cl)c1.CO. The number of nitrogens with zero attached hydrogens (tertiary/aromatic N) is 1. The molecule has 0 spiro atoms. The first-order valence-corrected chi connectivity index (χ1v) is 16.4. The van der Waals surface area contributed by atoms with Crippen LogP contribution in [0.2, 0.25) is 5.02 Å². The van der Waals surface area contributed by atoms with Gasteiger partial charge in [0.25, 0.3) is 0 Å². The van der Waals surface area contributed by atoms with E-state index in [-0.39, 0.29) is 0 Å². The number of unbranched alkanes of at least 4 members (excludes halogenated alkanes) is 3. The van der Waals surface area contributed by atoms with Gasteiger partial charge in [0.15, 0.2) is 0 Å². The molecular formula is C33H51ClN2O3S. The zero-order valence-electron chi connectivity index (χ0n) is 25.0. The fraction of sp³-hybridized carbons (Fsp3) is 0.545. The van der Waals surface area contributed by atoms with Gasteiger partial charge in [-0.3, -0.25) is 4.79 Å². The predicted molar refractivity (Wildman–Crippen MR) is 175 cm³/mol. The molecule has 224 valence electrons. The summed E-state index contributed by atoms with van der Waals surface area (Å²) in [4.78, 5) is 14.2. The van der Waals surface area contributed by atoms with E-state index in [4.69, 9.17) is 27.2 Å². The number of amides is 1. The summed E-state index contributed by atoms with van der Waals surface area (Å²) in [5.74, 6) is 2.29. The topological polar surface area (TPSA) is 75.8 Å². The van der Waals surface area contributed by atoms with Gasteiger partial charge in [-0.25, -0.2) is 0 Å². The van der Waals surface area contributed by atoms with E-state index in [0.717, 1.165) is 81.6 Å². The summed E-state index contributed by atoms with van der Waals surface area (Å²) in [5.41, 5.74) is 8.37. The Balaban J connectivity index is 0.00000391. The minimum Gasteiger partial charge on any atom is -0.491 e. The Morgan fingerprint density at radius 2 is 1.90 bits per heavy atom. The number of primary amides is 1. The minimum absolute atomic E-state index is 0.409. The molecule has 2 aromatic rings. The fourth-order valence-electron chi connectivity index (χ4n) is 4.55. The minimum atomic E-state index is -0.409. The number of anilines is 1. The third kappa shape index (κ3) is 14.5. The average Bonchev–Trinajstić information content (AvgIpc) is 2.97. The quantitative estimate of drug-likeness (QED) is 0.120. The van der Waals surface area contributed by atoms with Crippen LogP contribution < -0.4 is 15.4 Å². The van der Waals surface area contributed by atoms with Crippen molar-refractivity contribution in [3.05, 3.63) is 70.8 Å². The molecule has 0 radical (unpaired) electrons. The van der Waals surface area contributed by atoms with Crippen LogP contribution in [0.25, 0.3) is 0 Å². The maximum Gasteiger partial charge on any atom is 0.248 e. The van der Waals surface area contributed by atoms with Crippen molar-refractivity contribution in [1.29, 1.82) is 0 Å². The van der Waals surface area contributed by atoms with Gasteiger partial charge in [-0.05, 0) is 112 Å². The standard InChI is InChI=1S/C32H47ClN2O2S.CH4O/c1-4-26(14-9-6-7-12-23-38-3)20-21-35(5-2)30-25-28(32(34)36)18-19-31(30)37-22-11-8-10-15-27-16-13-17-29(33)24-27;1-2/h6,9,13,16-19,24-26H,4-5,7-8,10-12,14-15,20-23H2,1-3H3,(H2,34,36);2H,1H3/b9-6+;/t26-;/m0./s1. The van der Waals surface area contributed by atoms with Crippen LogP contribution in [0.4, 0.5) is 5.69 Å². The molecule has 0 bridgehead atoms. The molecule has 0 unspecified atom stereocenters. The molecule has 0 saturated heterocycles. The van der Waals surface area contributed by atoms with Gasteiger partial charge >= 0.3 is 0 Å². The fourth-order valence-corrected chi connectivity index (χ4v) is 5.22. The molecule has 0 aliphatic rings. The van der Waals surface area contributed by atoms with Gasteiger partial charge in [-0.1, -0.05) is 49.2 Å². The smallest absolute Gasteiger partial charge is 0.248 e. The van der Waals surface area contributed by atoms with Crippen LogP contribution in [-0.2, 0) is 6.42 Å². The molecule has 5 nitrogen and oxygen atoms in total. The monoisotopic (exact) mass is 590 g/mol. The van der Waals surface area contributed by atoms with Crippen LogP contribution >= 0.6 is 23.4 Å². The molecule has 2 aromatic carbocycles. The Morgan fingerprint density at radius 1 is 1.10 bits per heavy atom. The lowest BCUT2D eigenvalue weighted by atomic mass is 9.97. The number of carbonyl (C=O) groups is 1. The number of thioether (sulfide) groups is 1. The lowest BCUT2D eigenvalue weighted by Crippen LogP contribution is -2.27. The first kappa shape index (κ1) is 35.9. The molecule has 40 heavy (non-hydrogen) atoms. The zero-order chi connectivity index (χ0) is 29.6. The molecule has 1 amide bonds. The van der Waals surface area contributed by atoms with Crippen LogP contribution in [0.3, 0.4) is 0 Å². The highest BCUT2D eigenvalue weighted by Crippen LogP contribution is 2.31. The Kier molecular flexibility index (Phi) is 20.2. The summed E-state index contributed by atoms with van der Waals surface area (Å²) >= 11 is 8.00. The normalized spacial score (nSPS) is 11.7. The summed E-state index contributed by atoms with van der Waals surface area (Å²) in [6.07, 6.45) is 16.8. The van der Waals surface area contributed by atoms with Crippen molar-refractivity contribution >= 4 is 35.0 Å². The van der Waals surface area contributed by atoms with Gasteiger partial charge < -0.3 is 20.5 Å². The summed E-state index contributed by atoms with van der Waals surface area (Å²) < 4.78 is 6.24. The van der Waals surface area contributed by atoms with Crippen molar-refractivity contribution in [2.45, 2.75) is 71.6 Å². The van der Waals surface area contributed by atoms with Gasteiger partial charge in [0.05, 0.1) is 12.3 Å². The molecule has 0 aliphatic carbocycles. The number of nitrogens with two attached hydrogens (primary N) is 1. The van der Waals surface area contributed by atoms with E-state index in [0.29, 0.717) is 18.1 Å². The van der Waals surface area contributed by atoms with Gasteiger partial charge in [0, 0.05) is 30.8 Å². The summed E-state index contributed by atoms with van der Waals surface area (Å²) in [7, 11) is 1.00. The molecule has 7 heteroatoms. The third-order valence-corrected chi connectivity index (χ3v) is 7.89. The van der Waals surface area contributed by atoms with E-state index in [1.807, 2.05) is 42.1 Å². The van der Waals surface area contributed by atoms with Crippen molar-refractivity contribution in [2.75, 3.05) is 43.7 Å². The maximum atomic E-state index is 11.9. The number of ether oxygens (including phenoxy) is 1. The van der Waals surface area contributed by atoms with Crippen molar-refractivity contribution < 1.29 is 14.6 Å². The number of hydrogen-bond donors (Lipinski definition) is 2. The molecule has 0 fully saturated rings. The van der Waals surface area contributed by atoms with Crippen molar-refractivity contribution in [3.63, 3.8) is 0 Å². The zero-order valence-corrected chi connectivity index (χ0v) is 26.6. The molecule has 0 heterocycles. The number of benzene rings is 2. The second-order valence-electron chi connectivity index (χ2n) is 9.82. The van der Waals surface area contributed by atoms with Gasteiger partial charge in [0.1, 0.15) is 5.75 Å². The summed E-state index contributed by atoms with van der Waals surface area (Å²) in [6.45, 7) is 6.85. The number of aliphatic hydroxyl groups excluding tert-OH is 1. The van der Waals surface area contributed by atoms with E-state index in [2.05, 4.69) is 43.2 Å². The lowest BCUT2D eigenvalue weighted by Gasteiger charge is -2.27. The van der Waals surface area contributed by atoms with Gasteiger partial charge in [-0.2, -0.15) is 11.8 Å². The van der Waals surface area contributed by atoms with Gasteiger partial charge in [0.2, 0.25) is 5.91 Å². The number of hydrogen-bond acceptors (Lipinski definition) is 5. The average molecular weight is 591 g/mol. The molecule has 0 aliphatic heterocycles. The largest absolute Gasteiger partial charge is 0.491 e. The van der Waals surface area contributed by atoms with E-state index >= 15 is 0 Å². The Hall–Kier alpha value is -2.15. The van der Waals surface area contributed by atoms with Crippen molar-refractivity contribution in [1.82, 2.24) is 0 Å². The first-order valence-electron chi connectivity index (χ1n) is 14.6. The first-order chi connectivity index (χ1) is 19.5. The van der Waals surface area contributed by atoms with E-state index in [1.54, 1.807) is 6.07 Å².